The molecule has 4 rings (SSSR count). The van der Waals surface area contributed by atoms with Gasteiger partial charge in [0.05, 0.1) is 27.7 Å². The largest absolute Gasteiger partial charge is 0.464 e. The van der Waals surface area contributed by atoms with Gasteiger partial charge in [-0.2, -0.15) is 18.3 Å². The Balaban J connectivity index is 1.92. The molecule has 14 heteroatoms. The molecule has 0 aliphatic rings. The number of nitrogens with zero attached hydrogens (tertiary/aromatic N) is 4. The summed E-state index contributed by atoms with van der Waals surface area (Å²) in [6.07, 6.45) is -3.63. The van der Waals surface area contributed by atoms with Crippen LogP contribution in [0.4, 0.5) is 13.2 Å². The van der Waals surface area contributed by atoms with Crippen LogP contribution in [0.5, 0.6) is 0 Å². The quantitative estimate of drug-likeness (QED) is 0.302. The number of aromatic nitrogens is 4. The highest BCUT2D eigenvalue weighted by Gasteiger charge is 2.36. The number of hydrogen-bond donors (Lipinski definition) is 0. The van der Waals surface area contributed by atoms with Crippen molar-refractivity contribution in [1.29, 1.82) is 0 Å². The minimum absolute atomic E-state index is 0.0464. The van der Waals surface area contributed by atoms with Crippen LogP contribution in [0.15, 0.2) is 57.9 Å². The molecule has 0 unspecified atom stereocenters. The van der Waals surface area contributed by atoms with Crippen molar-refractivity contribution >= 4 is 43.1 Å². The Morgan fingerprint density at radius 1 is 1.09 bits per heavy atom. The second-order valence-corrected chi connectivity index (χ2v) is 10.9. The molecule has 0 aliphatic heterocycles. The van der Waals surface area contributed by atoms with Gasteiger partial charge >= 0.3 is 12.1 Å². The highest BCUT2D eigenvalue weighted by molar-refractivity contribution is 9.10. The maximum absolute atomic E-state index is 13.7. The van der Waals surface area contributed by atoms with E-state index in [0.717, 1.165) is 35.5 Å². The Morgan fingerprint density at radius 2 is 1.77 bits per heavy atom. The number of carbonyl (C=O) groups excluding carboxylic acids is 1. The number of hydrogen-bond acceptors (Lipinski definition) is 8. The maximum Gasteiger partial charge on any atom is 0.418 e. The summed E-state index contributed by atoms with van der Waals surface area (Å²) in [6, 6.07) is 10.8. The van der Waals surface area contributed by atoms with Gasteiger partial charge in [0.25, 0.3) is 0 Å². The van der Waals surface area contributed by atoms with E-state index >= 15 is 0 Å². The van der Waals surface area contributed by atoms with Crippen molar-refractivity contribution in [1.82, 2.24) is 20.0 Å². The summed E-state index contributed by atoms with van der Waals surface area (Å²) in [5.74, 6) is -0.869. The van der Waals surface area contributed by atoms with Gasteiger partial charge in [-0.25, -0.2) is 17.9 Å². The molecular formula is C21H14BrF3N4O4S2. The third-order valence-electron chi connectivity index (χ3n) is 4.78. The highest BCUT2D eigenvalue weighted by atomic mass is 79.9. The van der Waals surface area contributed by atoms with Crippen LogP contribution >= 0.6 is 27.3 Å². The Bertz CT molecular complexity index is 1550. The van der Waals surface area contributed by atoms with Crippen molar-refractivity contribution in [2.45, 2.75) is 11.1 Å². The minimum Gasteiger partial charge on any atom is -0.464 e. The Morgan fingerprint density at radius 3 is 2.43 bits per heavy atom. The summed E-state index contributed by atoms with van der Waals surface area (Å²) in [4.78, 5) is 12.3. The first-order chi connectivity index (χ1) is 16.4. The number of ether oxygens (including phenoxy) is 1. The van der Waals surface area contributed by atoms with Gasteiger partial charge in [-0.15, -0.1) is 10.2 Å². The molecule has 0 saturated carbocycles. The molecule has 2 heterocycles. The monoisotopic (exact) mass is 586 g/mol. The predicted molar refractivity (Wildman–Crippen MR) is 125 cm³/mol. The van der Waals surface area contributed by atoms with E-state index in [1.54, 1.807) is 12.1 Å². The van der Waals surface area contributed by atoms with Gasteiger partial charge in [0.15, 0.2) is 20.5 Å². The molecule has 4 aromatic rings. The van der Waals surface area contributed by atoms with Crippen molar-refractivity contribution in [2.75, 3.05) is 13.4 Å². The summed E-state index contributed by atoms with van der Waals surface area (Å²) in [5.41, 5.74) is -1.07. The lowest BCUT2D eigenvalue weighted by molar-refractivity contribution is -0.137. The maximum atomic E-state index is 13.7. The van der Waals surface area contributed by atoms with Gasteiger partial charge in [0.1, 0.15) is 10.7 Å². The summed E-state index contributed by atoms with van der Waals surface area (Å²) in [5, 5.41) is 12.7. The number of benzene rings is 2. The number of para-hydroxylation sites is 1. The zero-order valence-corrected chi connectivity index (χ0v) is 21.1. The first-order valence-corrected chi connectivity index (χ1v) is 13.1. The number of carbonyl (C=O) groups is 1. The van der Waals surface area contributed by atoms with Crippen LogP contribution in [0, 0.1) is 0 Å². The van der Waals surface area contributed by atoms with E-state index in [-0.39, 0.29) is 31.5 Å². The van der Waals surface area contributed by atoms with Crippen LogP contribution in [0.3, 0.4) is 0 Å². The van der Waals surface area contributed by atoms with Gasteiger partial charge < -0.3 is 4.74 Å². The van der Waals surface area contributed by atoms with Crippen molar-refractivity contribution in [3.05, 3.63) is 64.3 Å². The fourth-order valence-electron chi connectivity index (χ4n) is 3.18. The average Bonchev–Trinajstić information content (AvgIpc) is 3.42. The molecule has 0 fully saturated rings. The molecule has 0 radical (unpaired) electrons. The van der Waals surface area contributed by atoms with Gasteiger partial charge in [-0.3, -0.25) is 0 Å². The predicted octanol–water partition coefficient (Wildman–Crippen LogP) is 5.03. The first kappa shape index (κ1) is 25.0. The second-order valence-electron chi connectivity index (χ2n) is 7.14. The standard InChI is InChI=1S/C21H14BrF3N4O4S2/c1-33-20(30)16-15(22)17(29(28-16)14-9-4-3-8-13(14)21(23,24)25)19-27-26-18(34-19)11-6-5-7-12(10-11)35(2,31)32/h3-10H,1-2H3. The Kier molecular flexibility index (Phi) is 6.55. The lowest BCUT2D eigenvalue weighted by Crippen LogP contribution is -2.12. The Labute approximate surface area is 209 Å². The number of sulfone groups is 1. The molecule has 0 atom stereocenters. The normalized spacial score (nSPS) is 12.1. The summed E-state index contributed by atoms with van der Waals surface area (Å²) in [6.45, 7) is 0. The van der Waals surface area contributed by atoms with Crippen LogP contribution in [0.1, 0.15) is 16.1 Å². The average molecular weight is 587 g/mol. The molecule has 0 amide bonds. The van der Waals surface area contributed by atoms with Crippen molar-refractivity contribution in [3.8, 4) is 27.0 Å². The van der Waals surface area contributed by atoms with E-state index in [1.807, 2.05) is 0 Å². The molecular weight excluding hydrogens is 573 g/mol. The number of rotatable bonds is 5. The lowest BCUT2D eigenvalue weighted by Gasteiger charge is -2.14. The number of esters is 1. The first-order valence-electron chi connectivity index (χ1n) is 9.59. The lowest BCUT2D eigenvalue weighted by atomic mass is 10.1. The van der Waals surface area contributed by atoms with Gasteiger partial charge in [0.2, 0.25) is 0 Å². The van der Waals surface area contributed by atoms with Crippen LogP contribution in [0.25, 0.3) is 27.0 Å². The second kappa shape index (κ2) is 9.17. The van der Waals surface area contributed by atoms with Crippen LogP contribution in [-0.2, 0) is 20.8 Å². The zero-order valence-electron chi connectivity index (χ0n) is 17.9. The van der Waals surface area contributed by atoms with E-state index in [0.29, 0.717) is 10.6 Å². The van der Waals surface area contributed by atoms with Crippen molar-refractivity contribution in [3.63, 3.8) is 0 Å². The molecule has 0 N–H and O–H groups in total. The summed E-state index contributed by atoms with van der Waals surface area (Å²) >= 11 is 4.24. The zero-order chi connectivity index (χ0) is 25.5. The van der Waals surface area contributed by atoms with Crippen molar-refractivity contribution < 1.29 is 31.1 Å². The minimum atomic E-state index is -4.70. The molecule has 2 aromatic carbocycles. The highest BCUT2D eigenvalue weighted by Crippen LogP contribution is 2.40. The molecule has 0 aliphatic carbocycles. The molecule has 182 valence electrons. The third-order valence-corrected chi connectivity index (χ3v) is 7.62. The Hall–Kier alpha value is -3.10. The molecule has 0 spiro atoms. The van der Waals surface area contributed by atoms with E-state index < -0.39 is 27.5 Å². The van der Waals surface area contributed by atoms with E-state index in [4.69, 9.17) is 4.74 Å². The van der Waals surface area contributed by atoms with E-state index in [9.17, 15) is 26.4 Å². The van der Waals surface area contributed by atoms with E-state index in [2.05, 4.69) is 31.2 Å². The molecule has 2 aromatic heterocycles. The molecule has 0 saturated heterocycles. The number of halogens is 4. The molecule has 0 bridgehead atoms. The van der Waals surface area contributed by atoms with Crippen molar-refractivity contribution in [2.24, 2.45) is 0 Å². The fourth-order valence-corrected chi connectivity index (χ4v) is 5.45. The summed E-state index contributed by atoms with van der Waals surface area (Å²) < 4.78 is 70.8. The van der Waals surface area contributed by atoms with Gasteiger partial charge in [-0.05, 0) is 40.2 Å². The van der Waals surface area contributed by atoms with Gasteiger partial charge in [-0.1, -0.05) is 35.6 Å². The van der Waals surface area contributed by atoms with Crippen LogP contribution in [-0.4, -0.2) is 47.7 Å². The number of methoxy groups -OCH3 is 1. The van der Waals surface area contributed by atoms with Crippen LogP contribution in [0.2, 0.25) is 0 Å². The third kappa shape index (κ3) is 4.86. The SMILES string of the molecule is COC(=O)c1nn(-c2ccccc2C(F)(F)F)c(-c2nnc(-c3cccc(S(C)(=O)=O)c3)s2)c1Br. The van der Waals surface area contributed by atoms with E-state index in [1.165, 1.54) is 30.3 Å². The summed E-state index contributed by atoms with van der Waals surface area (Å²) in [7, 11) is -2.36. The smallest absolute Gasteiger partial charge is 0.418 e. The number of alkyl halides is 3. The van der Waals surface area contributed by atoms with Crippen LogP contribution < -0.4 is 0 Å². The topological polar surface area (TPSA) is 104 Å². The van der Waals surface area contributed by atoms with Gasteiger partial charge in [0, 0.05) is 11.8 Å². The fraction of sp³-hybridized carbons (Fsp3) is 0.143. The molecule has 35 heavy (non-hydrogen) atoms. The molecule has 8 nitrogen and oxygen atoms in total.